The predicted molar refractivity (Wildman–Crippen MR) is 152 cm³/mol. The number of ether oxygens (including phenoxy) is 1. The zero-order valence-corrected chi connectivity index (χ0v) is 24.8. The van der Waals surface area contributed by atoms with Gasteiger partial charge in [0.25, 0.3) is 0 Å². The summed E-state index contributed by atoms with van der Waals surface area (Å²) >= 11 is 5.91. The standard InChI is InChI=1S/C27H25ClF6N6O3S/c1-25(2,3)40-24(37-23-13-35-22(12-36-23)27(32,33)34)11-20(38-40)17-6-9-19(39-44(41,42)15-26(29,30)31)21(10-17)43-14-16-4-7-18(28)8-5-16/h4-13,39H,14-15H2,1-3H3,(H,36,37). The number of nitrogens with one attached hydrogen (secondary N) is 2. The van der Waals surface area contributed by atoms with Crippen LogP contribution in [0.25, 0.3) is 11.3 Å². The van der Waals surface area contributed by atoms with E-state index >= 15 is 0 Å². The van der Waals surface area contributed by atoms with Gasteiger partial charge in [-0.2, -0.15) is 31.4 Å². The van der Waals surface area contributed by atoms with Gasteiger partial charge in [-0.25, -0.2) is 23.1 Å². The maximum absolute atomic E-state index is 12.9. The number of hydrogen-bond acceptors (Lipinski definition) is 7. The van der Waals surface area contributed by atoms with Crippen LogP contribution in [0.15, 0.2) is 60.9 Å². The van der Waals surface area contributed by atoms with E-state index in [1.807, 2.05) is 25.5 Å². The molecule has 4 rings (SSSR count). The Morgan fingerprint density at radius 2 is 1.61 bits per heavy atom. The first-order valence-electron chi connectivity index (χ1n) is 12.6. The minimum atomic E-state index is -4.98. The van der Waals surface area contributed by atoms with Gasteiger partial charge in [0, 0.05) is 16.7 Å². The molecule has 2 N–H and O–H groups in total. The molecule has 0 aliphatic carbocycles. The first-order chi connectivity index (χ1) is 20.3. The second-order valence-electron chi connectivity index (χ2n) is 10.5. The van der Waals surface area contributed by atoms with Crippen molar-refractivity contribution in [1.29, 1.82) is 0 Å². The summed E-state index contributed by atoms with van der Waals surface area (Å²) < 4.78 is 111. The third-order valence-corrected chi connectivity index (χ3v) is 7.24. The number of aromatic nitrogens is 4. The number of alkyl halides is 6. The Kier molecular flexibility index (Phi) is 9.07. The summed E-state index contributed by atoms with van der Waals surface area (Å²) in [4.78, 5) is 7.18. The summed E-state index contributed by atoms with van der Waals surface area (Å²) in [5.74, 6) is -1.84. The zero-order chi connectivity index (χ0) is 32.5. The second-order valence-corrected chi connectivity index (χ2v) is 12.7. The lowest BCUT2D eigenvalue weighted by Gasteiger charge is -2.22. The number of nitrogens with zero attached hydrogens (tertiary/aromatic N) is 4. The molecule has 0 saturated carbocycles. The van der Waals surface area contributed by atoms with E-state index < -0.39 is 39.4 Å². The van der Waals surface area contributed by atoms with Crippen molar-refractivity contribution in [3.63, 3.8) is 0 Å². The topological polar surface area (TPSA) is 111 Å². The van der Waals surface area contributed by atoms with Crippen LogP contribution in [0.1, 0.15) is 32.0 Å². The lowest BCUT2D eigenvalue weighted by atomic mass is 10.1. The van der Waals surface area contributed by atoms with Gasteiger partial charge in [-0.15, -0.1) is 0 Å². The lowest BCUT2D eigenvalue weighted by molar-refractivity contribution is -0.141. The molecule has 2 aromatic carbocycles. The van der Waals surface area contributed by atoms with Gasteiger partial charge in [0.05, 0.1) is 29.3 Å². The third-order valence-electron chi connectivity index (χ3n) is 5.75. The van der Waals surface area contributed by atoms with Gasteiger partial charge in [0.2, 0.25) is 10.0 Å². The third kappa shape index (κ3) is 8.75. The zero-order valence-electron chi connectivity index (χ0n) is 23.3. The summed E-state index contributed by atoms with van der Waals surface area (Å²) in [6.45, 7) is 5.40. The molecule has 0 spiro atoms. The van der Waals surface area contributed by atoms with Crippen molar-refractivity contribution in [2.45, 2.75) is 45.3 Å². The highest BCUT2D eigenvalue weighted by Gasteiger charge is 2.36. The molecular formula is C27H25ClF6N6O3S. The largest absolute Gasteiger partial charge is 0.487 e. The maximum atomic E-state index is 12.9. The fourth-order valence-corrected chi connectivity index (χ4v) is 4.97. The highest BCUT2D eigenvalue weighted by Crippen LogP contribution is 2.35. The highest BCUT2D eigenvalue weighted by atomic mass is 35.5. The van der Waals surface area contributed by atoms with E-state index in [1.165, 1.54) is 18.2 Å². The summed E-state index contributed by atoms with van der Waals surface area (Å²) in [6.07, 6.45) is -8.12. The maximum Gasteiger partial charge on any atom is 0.434 e. The number of benzene rings is 2. The summed E-state index contributed by atoms with van der Waals surface area (Å²) in [5.41, 5.74) is -0.681. The van der Waals surface area contributed by atoms with Crippen molar-refractivity contribution < 1.29 is 39.5 Å². The van der Waals surface area contributed by atoms with Crippen LogP contribution in [0.2, 0.25) is 5.02 Å². The van der Waals surface area contributed by atoms with Crippen molar-refractivity contribution in [3.05, 3.63) is 77.2 Å². The molecule has 236 valence electrons. The van der Waals surface area contributed by atoms with Gasteiger partial charge >= 0.3 is 12.4 Å². The predicted octanol–water partition coefficient (Wildman–Crippen LogP) is 7.39. The SMILES string of the molecule is CC(C)(C)n1nc(-c2ccc(NS(=O)(=O)CC(F)(F)F)c(OCc3ccc(Cl)cc3)c2)cc1Nc1cnc(C(F)(F)F)cn1. The van der Waals surface area contributed by atoms with Crippen molar-refractivity contribution in [2.75, 3.05) is 15.8 Å². The molecule has 4 aromatic rings. The Labute approximate surface area is 253 Å². The summed E-state index contributed by atoms with van der Waals surface area (Å²) in [6, 6.07) is 12.2. The molecule has 0 bridgehead atoms. The highest BCUT2D eigenvalue weighted by molar-refractivity contribution is 7.92. The molecule has 0 atom stereocenters. The molecule has 0 aliphatic rings. The summed E-state index contributed by atoms with van der Waals surface area (Å²) in [5, 5.41) is 7.96. The minimum absolute atomic E-state index is 0.0105. The van der Waals surface area contributed by atoms with Gasteiger partial charge in [-0.05, 0) is 50.6 Å². The molecule has 2 heterocycles. The van der Waals surface area contributed by atoms with E-state index in [9.17, 15) is 34.8 Å². The van der Waals surface area contributed by atoms with Crippen LogP contribution in [-0.4, -0.2) is 40.1 Å². The average Bonchev–Trinajstić information content (AvgIpc) is 3.31. The van der Waals surface area contributed by atoms with Crippen LogP contribution in [0, 0.1) is 0 Å². The van der Waals surface area contributed by atoms with E-state index in [-0.39, 0.29) is 23.9 Å². The smallest absolute Gasteiger partial charge is 0.434 e. The van der Waals surface area contributed by atoms with E-state index in [0.29, 0.717) is 33.9 Å². The van der Waals surface area contributed by atoms with Gasteiger partial charge in [0.1, 0.15) is 24.0 Å². The van der Waals surface area contributed by atoms with Crippen LogP contribution in [0.5, 0.6) is 5.75 Å². The Bertz CT molecular complexity index is 1720. The van der Waals surface area contributed by atoms with Crippen LogP contribution in [-0.2, 0) is 28.3 Å². The second kappa shape index (κ2) is 12.1. The van der Waals surface area contributed by atoms with Crippen molar-refractivity contribution >= 4 is 38.9 Å². The molecule has 0 amide bonds. The Morgan fingerprint density at radius 1 is 0.932 bits per heavy atom. The number of anilines is 3. The molecule has 0 radical (unpaired) electrons. The lowest BCUT2D eigenvalue weighted by Crippen LogP contribution is -2.28. The molecule has 9 nitrogen and oxygen atoms in total. The Balaban J connectivity index is 1.70. The van der Waals surface area contributed by atoms with E-state index in [1.54, 1.807) is 35.0 Å². The molecule has 2 aromatic heterocycles. The fraction of sp³-hybridized carbons (Fsp3) is 0.296. The molecule has 0 fully saturated rings. The van der Waals surface area contributed by atoms with Crippen LogP contribution in [0.4, 0.5) is 43.7 Å². The quantitative estimate of drug-likeness (QED) is 0.180. The normalized spacial score (nSPS) is 12.7. The molecule has 0 saturated heterocycles. The molecular weight excluding hydrogens is 638 g/mol. The monoisotopic (exact) mass is 662 g/mol. The number of sulfonamides is 1. The van der Waals surface area contributed by atoms with Crippen molar-refractivity contribution in [2.24, 2.45) is 0 Å². The number of halogens is 7. The van der Waals surface area contributed by atoms with Crippen molar-refractivity contribution in [3.8, 4) is 17.0 Å². The molecule has 44 heavy (non-hydrogen) atoms. The summed E-state index contributed by atoms with van der Waals surface area (Å²) in [7, 11) is -4.84. The van der Waals surface area contributed by atoms with Gasteiger partial charge in [0.15, 0.2) is 11.4 Å². The van der Waals surface area contributed by atoms with Gasteiger partial charge in [-0.3, -0.25) is 4.72 Å². The van der Waals surface area contributed by atoms with E-state index in [4.69, 9.17) is 16.3 Å². The molecule has 0 unspecified atom stereocenters. The Morgan fingerprint density at radius 3 is 2.18 bits per heavy atom. The van der Waals surface area contributed by atoms with E-state index in [2.05, 4.69) is 20.4 Å². The first kappa shape index (κ1) is 32.9. The fourth-order valence-electron chi connectivity index (χ4n) is 3.84. The molecule has 0 aliphatic heterocycles. The number of rotatable bonds is 9. The minimum Gasteiger partial charge on any atom is -0.487 e. The first-order valence-corrected chi connectivity index (χ1v) is 14.7. The Hall–Kier alpha value is -4.05. The van der Waals surface area contributed by atoms with Crippen molar-refractivity contribution in [1.82, 2.24) is 19.7 Å². The van der Waals surface area contributed by atoms with Crippen LogP contribution < -0.4 is 14.8 Å². The van der Waals surface area contributed by atoms with Crippen LogP contribution in [0.3, 0.4) is 0 Å². The molecule has 17 heteroatoms. The van der Waals surface area contributed by atoms with Gasteiger partial charge in [-0.1, -0.05) is 29.8 Å². The van der Waals surface area contributed by atoms with Crippen LogP contribution >= 0.6 is 11.6 Å². The van der Waals surface area contributed by atoms with E-state index in [0.717, 1.165) is 6.20 Å². The average molecular weight is 663 g/mol. The number of hydrogen-bond donors (Lipinski definition) is 2. The van der Waals surface area contributed by atoms with Gasteiger partial charge < -0.3 is 10.1 Å².